The van der Waals surface area contributed by atoms with E-state index in [2.05, 4.69) is 20.9 Å². The molecule has 156 valence electrons. The first-order chi connectivity index (χ1) is 13.9. The summed E-state index contributed by atoms with van der Waals surface area (Å²) < 4.78 is 0. The molecule has 2 rings (SSSR count). The van der Waals surface area contributed by atoms with E-state index in [9.17, 15) is 9.90 Å². The number of amides is 1. The Morgan fingerprint density at radius 1 is 1.00 bits per heavy atom. The van der Waals surface area contributed by atoms with Crippen molar-refractivity contribution in [3.63, 3.8) is 0 Å². The molecule has 1 unspecified atom stereocenters. The number of hydrogen-bond acceptors (Lipinski definition) is 3. The molecule has 29 heavy (non-hydrogen) atoms. The molecule has 2 aromatic carbocycles. The Bertz CT molecular complexity index is 821. The van der Waals surface area contributed by atoms with Crippen molar-refractivity contribution in [2.45, 2.75) is 26.5 Å². The van der Waals surface area contributed by atoms with Crippen LogP contribution in [0.15, 0.2) is 47.5 Å². The molecular weight excluding hydrogens is 411 g/mol. The Kier molecular flexibility index (Phi) is 9.25. The van der Waals surface area contributed by atoms with Gasteiger partial charge < -0.3 is 21.1 Å². The number of carbonyl (C=O) groups is 1. The van der Waals surface area contributed by atoms with Gasteiger partial charge in [0.15, 0.2) is 5.96 Å². The summed E-state index contributed by atoms with van der Waals surface area (Å²) >= 11 is 12.0. The van der Waals surface area contributed by atoms with Gasteiger partial charge in [0, 0.05) is 35.2 Å². The second-order valence-electron chi connectivity index (χ2n) is 6.35. The molecule has 0 aliphatic heterocycles. The Morgan fingerprint density at radius 2 is 1.62 bits per heavy atom. The van der Waals surface area contributed by atoms with E-state index in [1.807, 2.05) is 26.0 Å². The van der Waals surface area contributed by atoms with Crippen molar-refractivity contribution in [3.05, 3.63) is 69.2 Å². The van der Waals surface area contributed by atoms with Crippen LogP contribution in [-0.2, 0) is 6.54 Å². The van der Waals surface area contributed by atoms with Crippen LogP contribution in [0.5, 0.6) is 0 Å². The lowest BCUT2D eigenvalue weighted by molar-refractivity contribution is 0.0956. The highest BCUT2D eigenvalue weighted by Gasteiger charge is 2.10. The molecular formula is C21H26Cl2N4O2. The van der Waals surface area contributed by atoms with Crippen molar-refractivity contribution in [1.82, 2.24) is 16.0 Å². The standard InChI is InChI=1S/C21H26Cl2N4O2/c1-3-24-20(29)15-7-5-14(6-8-15)12-26-21(25-4-2)27-13-19(28)16-9-17(22)11-18(23)10-16/h5-11,19,28H,3-4,12-13H2,1-2H3,(H,24,29)(H2,25,26,27). The summed E-state index contributed by atoms with van der Waals surface area (Å²) in [4.78, 5) is 16.3. The predicted molar refractivity (Wildman–Crippen MR) is 119 cm³/mol. The van der Waals surface area contributed by atoms with Gasteiger partial charge in [0.2, 0.25) is 0 Å². The number of rotatable bonds is 8. The fourth-order valence-electron chi connectivity index (χ4n) is 2.61. The highest BCUT2D eigenvalue weighted by molar-refractivity contribution is 6.34. The van der Waals surface area contributed by atoms with Crippen molar-refractivity contribution in [2.24, 2.45) is 4.99 Å². The second kappa shape index (κ2) is 11.7. The number of aliphatic hydroxyl groups excluding tert-OH is 1. The van der Waals surface area contributed by atoms with Crippen molar-refractivity contribution < 1.29 is 9.90 Å². The fraction of sp³-hybridized carbons (Fsp3) is 0.333. The Hall–Kier alpha value is -2.28. The van der Waals surface area contributed by atoms with Crippen LogP contribution in [0.2, 0.25) is 10.0 Å². The molecule has 0 saturated heterocycles. The first-order valence-electron chi connectivity index (χ1n) is 9.46. The molecule has 0 aromatic heterocycles. The number of nitrogens with one attached hydrogen (secondary N) is 3. The van der Waals surface area contributed by atoms with Crippen LogP contribution in [-0.4, -0.2) is 36.6 Å². The largest absolute Gasteiger partial charge is 0.387 e. The van der Waals surface area contributed by atoms with Gasteiger partial charge in [-0.2, -0.15) is 0 Å². The first kappa shape index (κ1) is 23.0. The minimum absolute atomic E-state index is 0.0901. The summed E-state index contributed by atoms with van der Waals surface area (Å²) in [7, 11) is 0. The maximum atomic E-state index is 11.8. The van der Waals surface area contributed by atoms with Crippen LogP contribution < -0.4 is 16.0 Å². The van der Waals surface area contributed by atoms with Gasteiger partial charge in [-0.05, 0) is 55.3 Å². The molecule has 1 atom stereocenters. The number of carbonyl (C=O) groups excluding carboxylic acids is 1. The highest BCUT2D eigenvalue weighted by atomic mass is 35.5. The van der Waals surface area contributed by atoms with Crippen LogP contribution in [0.4, 0.5) is 0 Å². The Labute approximate surface area is 181 Å². The zero-order valence-corrected chi connectivity index (χ0v) is 18.0. The normalized spacial score (nSPS) is 12.4. The van der Waals surface area contributed by atoms with Gasteiger partial charge in [-0.1, -0.05) is 35.3 Å². The third-order valence-electron chi connectivity index (χ3n) is 4.05. The molecule has 0 heterocycles. The van der Waals surface area contributed by atoms with Gasteiger partial charge in [0.25, 0.3) is 5.91 Å². The minimum atomic E-state index is -0.786. The van der Waals surface area contributed by atoms with Crippen LogP contribution >= 0.6 is 23.2 Å². The summed E-state index contributed by atoms with van der Waals surface area (Å²) in [6, 6.07) is 12.3. The third kappa shape index (κ3) is 7.57. The van der Waals surface area contributed by atoms with Crippen LogP contribution in [0.25, 0.3) is 0 Å². The van der Waals surface area contributed by atoms with E-state index in [4.69, 9.17) is 23.2 Å². The van der Waals surface area contributed by atoms with Gasteiger partial charge in [0.1, 0.15) is 0 Å². The van der Waals surface area contributed by atoms with E-state index < -0.39 is 6.10 Å². The Balaban J connectivity index is 1.97. The number of nitrogens with zero attached hydrogens (tertiary/aromatic N) is 1. The first-order valence-corrected chi connectivity index (χ1v) is 10.2. The van der Waals surface area contributed by atoms with Crippen LogP contribution in [0.3, 0.4) is 0 Å². The van der Waals surface area contributed by atoms with Gasteiger partial charge in [-0.15, -0.1) is 0 Å². The summed E-state index contributed by atoms with van der Waals surface area (Å²) in [5, 5.41) is 20.4. The van der Waals surface area contributed by atoms with E-state index in [0.717, 1.165) is 5.56 Å². The molecule has 0 radical (unpaired) electrons. The topological polar surface area (TPSA) is 85.8 Å². The lowest BCUT2D eigenvalue weighted by Gasteiger charge is -2.16. The average molecular weight is 437 g/mol. The van der Waals surface area contributed by atoms with E-state index in [0.29, 0.717) is 46.8 Å². The zero-order chi connectivity index (χ0) is 21.2. The van der Waals surface area contributed by atoms with Crippen molar-refractivity contribution >= 4 is 35.1 Å². The van der Waals surface area contributed by atoms with Gasteiger partial charge in [-0.25, -0.2) is 4.99 Å². The summed E-state index contributed by atoms with van der Waals surface area (Å²) in [6.45, 7) is 5.80. The number of hydrogen-bond donors (Lipinski definition) is 4. The molecule has 4 N–H and O–H groups in total. The molecule has 0 spiro atoms. The Morgan fingerprint density at radius 3 is 2.21 bits per heavy atom. The number of aliphatic hydroxyl groups is 1. The monoisotopic (exact) mass is 436 g/mol. The fourth-order valence-corrected chi connectivity index (χ4v) is 3.16. The average Bonchev–Trinajstić information content (AvgIpc) is 2.69. The lowest BCUT2D eigenvalue weighted by atomic mass is 10.1. The summed E-state index contributed by atoms with van der Waals surface area (Å²) in [6.07, 6.45) is -0.786. The van der Waals surface area contributed by atoms with Gasteiger partial charge in [-0.3, -0.25) is 4.79 Å². The maximum Gasteiger partial charge on any atom is 0.251 e. The van der Waals surface area contributed by atoms with E-state index >= 15 is 0 Å². The van der Waals surface area contributed by atoms with E-state index in [1.54, 1.807) is 30.3 Å². The second-order valence-corrected chi connectivity index (χ2v) is 7.22. The smallest absolute Gasteiger partial charge is 0.251 e. The lowest BCUT2D eigenvalue weighted by Crippen LogP contribution is -2.39. The zero-order valence-electron chi connectivity index (χ0n) is 16.5. The van der Waals surface area contributed by atoms with E-state index in [1.165, 1.54) is 0 Å². The quantitative estimate of drug-likeness (QED) is 0.376. The minimum Gasteiger partial charge on any atom is -0.387 e. The molecule has 8 heteroatoms. The summed E-state index contributed by atoms with van der Waals surface area (Å²) in [5.41, 5.74) is 2.22. The molecule has 1 amide bonds. The number of halogens is 2. The van der Waals surface area contributed by atoms with Crippen molar-refractivity contribution in [3.8, 4) is 0 Å². The molecule has 0 bridgehead atoms. The van der Waals surface area contributed by atoms with E-state index in [-0.39, 0.29) is 12.5 Å². The summed E-state index contributed by atoms with van der Waals surface area (Å²) in [5.74, 6) is 0.486. The predicted octanol–water partition coefficient (Wildman–Crippen LogP) is 3.53. The maximum absolute atomic E-state index is 11.8. The number of guanidine groups is 1. The molecule has 6 nitrogen and oxygen atoms in total. The number of aliphatic imine (C=N–C) groups is 1. The highest BCUT2D eigenvalue weighted by Crippen LogP contribution is 2.23. The molecule has 0 fully saturated rings. The van der Waals surface area contributed by atoms with Crippen LogP contribution in [0.1, 0.15) is 41.4 Å². The van der Waals surface area contributed by atoms with Crippen LogP contribution in [0, 0.1) is 0 Å². The molecule has 0 aliphatic carbocycles. The molecule has 0 saturated carbocycles. The van der Waals surface area contributed by atoms with Gasteiger partial charge in [0.05, 0.1) is 12.6 Å². The van der Waals surface area contributed by atoms with Crippen molar-refractivity contribution in [2.75, 3.05) is 19.6 Å². The number of benzene rings is 2. The SMILES string of the molecule is CCNC(=O)c1ccc(CN=C(NCC)NCC(O)c2cc(Cl)cc(Cl)c2)cc1. The third-order valence-corrected chi connectivity index (χ3v) is 4.49. The van der Waals surface area contributed by atoms with Crippen molar-refractivity contribution in [1.29, 1.82) is 0 Å². The van der Waals surface area contributed by atoms with Gasteiger partial charge >= 0.3 is 0 Å². The molecule has 0 aliphatic rings. The molecule has 2 aromatic rings.